The summed E-state index contributed by atoms with van der Waals surface area (Å²) in [5.41, 5.74) is 4.20. The molecule has 2 aromatic rings. The van der Waals surface area contributed by atoms with Crippen LogP contribution in [-0.4, -0.2) is 35.4 Å². The van der Waals surface area contributed by atoms with E-state index in [-0.39, 0.29) is 0 Å². The van der Waals surface area contributed by atoms with Crippen LogP contribution in [0.1, 0.15) is 30.1 Å². The van der Waals surface area contributed by atoms with E-state index in [9.17, 15) is 9.59 Å². The molecular formula is C14H17N3O4. The van der Waals surface area contributed by atoms with Crippen LogP contribution in [0.5, 0.6) is 0 Å². The zero-order valence-electron chi connectivity index (χ0n) is 12.0. The number of methoxy groups -OCH3 is 1. The minimum atomic E-state index is -0.542. The number of unbranched alkanes of at least 4 members (excludes halogenated alkanes) is 1. The summed E-state index contributed by atoms with van der Waals surface area (Å²) in [6.45, 7) is 2.39. The number of carbonyl (C=O) groups excluding carboxylic acids is 2. The van der Waals surface area contributed by atoms with Gasteiger partial charge in [0.05, 0.1) is 30.3 Å². The van der Waals surface area contributed by atoms with Crippen molar-refractivity contribution in [3.8, 4) is 0 Å². The summed E-state index contributed by atoms with van der Waals surface area (Å²) < 4.78 is 11.1. The summed E-state index contributed by atoms with van der Waals surface area (Å²) in [7, 11) is 1.32. The van der Waals surface area contributed by atoms with E-state index >= 15 is 0 Å². The monoisotopic (exact) mass is 291 g/mol. The average molecular weight is 291 g/mol. The molecule has 1 amide bonds. The summed E-state index contributed by atoms with van der Waals surface area (Å²) in [5, 5.41) is 0. The van der Waals surface area contributed by atoms with Gasteiger partial charge in [-0.2, -0.15) is 0 Å². The second-order valence-electron chi connectivity index (χ2n) is 4.41. The third-order valence-corrected chi connectivity index (χ3v) is 2.91. The van der Waals surface area contributed by atoms with Crippen LogP contribution in [-0.2, 0) is 9.47 Å². The van der Waals surface area contributed by atoms with E-state index < -0.39 is 12.1 Å². The molecule has 1 aromatic carbocycles. The number of fused-ring (bicyclic) bond motifs is 1. The molecule has 1 heterocycles. The molecule has 0 aliphatic heterocycles. The van der Waals surface area contributed by atoms with Gasteiger partial charge in [0, 0.05) is 0 Å². The van der Waals surface area contributed by atoms with Gasteiger partial charge in [-0.1, -0.05) is 13.3 Å². The average Bonchev–Trinajstić information content (AvgIpc) is 2.89. The molecule has 21 heavy (non-hydrogen) atoms. The Morgan fingerprint density at radius 1 is 1.38 bits per heavy atom. The fourth-order valence-electron chi connectivity index (χ4n) is 1.79. The number of aromatic nitrogens is 2. The number of nitrogens with zero attached hydrogens (tertiary/aromatic N) is 2. The largest absolute Gasteiger partial charge is 0.465 e. The Morgan fingerprint density at radius 3 is 2.90 bits per heavy atom. The van der Waals surface area contributed by atoms with Crippen molar-refractivity contribution in [2.75, 3.05) is 19.1 Å². The van der Waals surface area contributed by atoms with Crippen LogP contribution in [0.25, 0.3) is 11.0 Å². The molecule has 7 nitrogen and oxygen atoms in total. The number of nitrogens with one attached hydrogen (secondary N) is 1. The molecule has 112 valence electrons. The predicted octanol–water partition coefficient (Wildman–Crippen LogP) is 2.30. The Bertz CT molecular complexity index is 651. The molecule has 0 aliphatic rings. The highest BCUT2D eigenvalue weighted by atomic mass is 16.6. The van der Waals surface area contributed by atoms with Gasteiger partial charge in [-0.15, -0.1) is 0 Å². The molecule has 0 saturated carbocycles. The van der Waals surface area contributed by atoms with Crippen molar-refractivity contribution in [3.05, 3.63) is 30.1 Å². The van der Waals surface area contributed by atoms with Crippen LogP contribution in [0, 0.1) is 0 Å². The normalized spacial score (nSPS) is 10.4. The molecule has 1 aromatic heterocycles. The van der Waals surface area contributed by atoms with Crippen molar-refractivity contribution in [2.45, 2.75) is 19.8 Å². The van der Waals surface area contributed by atoms with Gasteiger partial charge in [-0.25, -0.2) is 24.7 Å². The number of ether oxygens (including phenoxy) is 2. The Morgan fingerprint density at radius 2 is 2.19 bits per heavy atom. The fourth-order valence-corrected chi connectivity index (χ4v) is 1.79. The van der Waals surface area contributed by atoms with E-state index in [2.05, 4.69) is 15.1 Å². The fraction of sp³-hybridized carbons (Fsp3) is 0.357. The first-order valence-corrected chi connectivity index (χ1v) is 6.65. The van der Waals surface area contributed by atoms with Crippen LogP contribution in [0.3, 0.4) is 0 Å². The summed E-state index contributed by atoms with van der Waals surface area (Å²) in [6, 6.07) is 4.89. The second-order valence-corrected chi connectivity index (χ2v) is 4.41. The van der Waals surface area contributed by atoms with Crippen LogP contribution < -0.4 is 5.43 Å². The Kier molecular flexibility index (Phi) is 4.76. The first kappa shape index (κ1) is 14.8. The molecule has 0 saturated heterocycles. The molecule has 7 heteroatoms. The molecular weight excluding hydrogens is 274 g/mol. The van der Waals surface area contributed by atoms with E-state index in [0.717, 1.165) is 12.8 Å². The van der Waals surface area contributed by atoms with Gasteiger partial charge >= 0.3 is 12.1 Å². The standard InChI is InChI=1S/C14H17N3O4/c1-3-4-7-21-14(19)16-17-9-15-11-8-10(13(18)20-2)5-6-12(11)17/h5-6,8-9H,3-4,7H2,1-2H3,(H,16,19). The van der Waals surface area contributed by atoms with Gasteiger partial charge in [-0.05, 0) is 24.6 Å². The minimum Gasteiger partial charge on any atom is -0.465 e. The summed E-state index contributed by atoms with van der Waals surface area (Å²) in [6.07, 6.45) is 2.69. The van der Waals surface area contributed by atoms with Crippen molar-refractivity contribution in [3.63, 3.8) is 0 Å². The highest BCUT2D eigenvalue weighted by Gasteiger charge is 2.11. The van der Waals surface area contributed by atoms with E-state index in [4.69, 9.17) is 4.74 Å². The topological polar surface area (TPSA) is 82.5 Å². The van der Waals surface area contributed by atoms with Crippen LogP contribution >= 0.6 is 0 Å². The lowest BCUT2D eigenvalue weighted by Gasteiger charge is -2.08. The molecule has 0 radical (unpaired) electrons. The molecule has 0 unspecified atom stereocenters. The number of hydrogen-bond donors (Lipinski definition) is 1. The highest BCUT2D eigenvalue weighted by Crippen LogP contribution is 2.14. The molecule has 0 bridgehead atoms. The number of hydrogen-bond acceptors (Lipinski definition) is 5. The van der Waals surface area contributed by atoms with Crippen molar-refractivity contribution < 1.29 is 19.1 Å². The lowest BCUT2D eigenvalue weighted by Crippen LogP contribution is -2.23. The Hall–Kier alpha value is -2.57. The van der Waals surface area contributed by atoms with Crippen molar-refractivity contribution >= 4 is 23.1 Å². The van der Waals surface area contributed by atoms with Gasteiger partial charge in [0.1, 0.15) is 6.33 Å². The number of carbonyl (C=O) groups is 2. The maximum atomic E-state index is 11.6. The summed E-state index contributed by atoms with van der Waals surface area (Å²) in [5.74, 6) is -0.432. The smallest absolute Gasteiger partial charge is 0.426 e. The van der Waals surface area contributed by atoms with E-state index in [1.165, 1.54) is 18.1 Å². The number of benzene rings is 1. The Labute approximate surface area is 121 Å². The lowest BCUT2D eigenvalue weighted by atomic mass is 10.2. The third-order valence-electron chi connectivity index (χ3n) is 2.91. The number of esters is 1. The van der Waals surface area contributed by atoms with Crippen molar-refractivity contribution in [1.82, 2.24) is 9.66 Å². The van der Waals surface area contributed by atoms with Gasteiger partial charge < -0.3 is 9.47 Å². The van der Waals surface area contributed by atoms with Crippen molar-refractivity contribution in [2.24, 2.45) is 0 Å². The van der Waals surface area contributed by atoms with Gasteiger partial charge in [-0.3, -0.25) is 0 Å². The molecule has 0 spiro atoms. The van der Waals surface area contributed by atoms with Crippen LogP contribution in [0.15, 0.2) is 24.5 Å². The number of rotatable bonds is 5. The SMILES string of the molecule is CCCCOC(=O)Nn1cnc2cc(C(=O)OC)ccc21. The quantitative estimate of drug-likeness (QED) is 0.675. The van der Waals surface area contributed by atoms with Crippen LogP contribution in [0.4, 0.5) is 4.79 Å². The van der Waals surface area contributed by atoms with E-state index in [1.807, 2.05) is 6.92 Å². The molecule has 0 aliphatic carbocycles. The molecule has 0 atom stereocenters. The van der Waals surface area contributed by atoms with E-state index in [0.29, 0.717) is 23.2 Å². The Balaban J connectivity index is 2.11. The van der Waals surface area contributed by atoms with Crippen LogP contribution in [0.2, 0.25) is 0 Å². The first-order chi connectivity index (χ1) is 10.2. The zero-order chi connectivity index (χ0) is 15.2. The molecule has 2 rings (SSSR count). The van der Waals surface area contributed by atoms with E-state index in [1.54, 1.807) is 18.2 Å². The van der Waals surface area contributed by atoms with Gasteiger partial charge in [0.2, 0.25) is 0 Å². The van der Waals surface area contributed by atoms with Crippen molar-refractivity contribution in [1.29, 1.82) is 0 Å². The van der Waals surface area contributed by atoms with Gasteiger partial charge in [0.25, 0.3) is 0 Å². The number of amides is 1. The highest BCUT2D eigenvalue weighted by molar-refractivity contribution is 5.94. The summed E-state index contributed by atoms with van der Waals surface area (Å²) >= 11 is 0. The minimum absolute atomic E-state index is 0.376. The maximum Gasteiger partial charge on any atom is 0.426 e. The predicted molar refractivity (Wildman–Crippen MR) is 76.7 cm³/mol. The molecule has 0 fully saturated rings. The summed E-state index contributed by atoms with van der Waals surface area (Å²) in [4.78, 5) is 27.2. The maximum absolute atomic E-state index is 11.6. The molecule has 1 N–H and O–H groups in total. The second kappa shape index (κ2) is 6.74. The lowest BCUT2D eigenvalue weighted by molar-refractivity contribution is 0.0601. The number of imidazole rings is 1. The first-order valence-electron chi connectivity index (χ1n) is 6.65. The third kappa shape index (κ3) is 3.50. The zero-order valence-corrected chi connectivity index (χ0v) is 12.0. The van der Waals surface area contributed by atoms with Gasteiger partial charge in [0.15, 0.2) is 0 Å².